The number of methoxy groups -OCH3 is 1. The largest absolute Gasteiger partial charge is 0.496 e. The molecule has 0 bridgehead atoms. The highest BCUT2D eigenvalue weighted by Crippen LogP contribution is 2.30. The quantitative estimate of drug-likeness (QED) is 0.830. The van der Waals surface area contributed by atoms with Crippen LogP contribution in [0.15, 0.2) is 22.7 Å². The summed E-state index contributed by atoms with van der Waals surface area (Å²) < 4.78 is 6.05. The molecule has 0 amide bonds. The van der Waals surface area contributed by atoms with Gasteiger partial charge in [-0.25, -0.2) is 0 Å². The molecule has 0 N–H and O–H groups in total. The minimum absolute atomic E-state index is 0.0165. The van der Waals surface area contributed by atoms with Crippen LogP contribution in [-0.4, -0.2) is 7.11 Å². The molecule has 0 radical (unpaired) electrons. The Morgan fingerprint density at radius 2 is 2.27 bits per heavy atom. The molecule has 1 rings (SSSR count). The third kappa shape index (κ3) is 2.97. The van der Waals surface area contributed by atoms with Crippen molar-refractivity contribution in [3.8, 4) is 11.8 Å². The smallest absolute Gasteiger partial charge is 0.133 e. The Hall–Kier alpha value is -1.01. The van der Waals surface area contributed by atoms with Gasteiger partial charge in [0.2, 0.25) is 0 Å². The van der Waals surface area contributed by atoms with Crippen LogP contribution in [0.1, 0.15) is 31.2 Å². The lowest BCUT2D eigenvalue weighted by atomic mass is 9.96. The SMILES string of the molecule is CCCC(C#N)c1ccc(OC)c(Br)c1. The first-order valence-corrected chi connectivity index (χ1v) is 5.75. The second-order valence-corrected chi connectivity index (χ2v) is 4.22. The summed E-state index contributed by atoms with van der Waals surface area (Å²) in [7, 11) is 1.63. The summed E-state index contributed by atoms with van der Waals surface area (Å²) in [6, 6.07) is 8.12. The zero-order valence-electron chi connectivity index (χ0n) is 8.96. The molecule has 15 heavy (non-hydrogen) atoms. The van der Waals surface area contributed by atoms with E-state index in [0.29, 0.717) is 0 Å². The van der Waals surface area contributed by atoms with Gasteiger partial charge in [-0.1, -0.05) is 19.4 Å². The molecule has 1 unspecified atom stereocenters. The lowest BCUT2D eigenvalue weighted by Gasteiger charge is -2.10. The average molecular weight is 268 g/mol. The number of nitriles is 1. The van der Waals surface area contributed by atoms with E-state index in [2.05, 4.69) is 28.9 Å². The molecule has 1 atom stereocenters. The third-order valence-electron chi connectivity index (χ3n) is 2.31. The first kappa shape index (κ1) is 12.1. The third-order valence-corrected chi connectivity index (χ3v) is 2.93. The van der Waals surface area contributed by atoms with E-state index in [9.17, 15) is 0 Å². The van der Waals surface area contributed by atoms with Crippen LogP contribution in [0, 0.1) is 11.3 Å². The highest BCUT2D eigenvalue weighted by Gasteiger charge is 2.11. The van der Waals surface area contributed by atoms with Gasteiger partial charge in [-0.05, 0) is 40.0 Å². The fourth-order valence-corrected chi connectivity index (χ4v) is 2.05. The van der Waals surface area contributed by atoms with Crippen LogP contribution in [0.2, 0.25) is 0 Å². The number of hydrogen-bond donors (Lipinski definition) is 0. The lowest BCUT2D eigenvalue weighted by Crippen LogP contribution is -1.96. The van der Waals surface area contributed by atoms with E-state index in [0.717, 1.165) is 28.6 Å². The number of rotatable bonds is 4. The van der Waals surface area contributed by atoms with Gasteiger partial charge in [0.05, 0.1) is 23.6 Å². The maximum atomic E-state index is 9.03. The number of ether oxygens (including phenoxy) is 1. The van der Waals surface area contributed by atoms with E-state index in [1.165, 1.54) is 0 Å². The van der Waals surface area contributed by atoms with Crippen molar-refractivity contribution in [3.63, 3.8) is 0 Å². The lowest BCUT2D eigenvalue weighted by molar-refractivity contribution is 0.412. The van der Waals surface area contributed by atoms with Crippen LogP contribution in [0.5, 0.6) is 5.75 Å². The molecular weight excluding hydrogens is 254 g/mol. The standard InChI is InChI=1S/C12H14BrNO/c1-3-4-10(8-14)9-5-6-12(15-2)11(13)7-9/h5-7,10H,3-4H2,1-2H3. The normalized spacial score (nSPS) is 11.9. The molecule has 1 aromatic rings. The maximum absolute atomic E-state index is 9.03. The van der Waals surface area contributed by atoms with Gasteiger partial charge in [0, 0.05) is 0 Å². The van der Waals surface area contributed by atoms with Crippen molar-refractivity contribution < 1.29 is 4.74 Å². The summed E-state index contributed by atoms with van der Waals surface area (Å²) in [5.74, 6) is 0.782. The summed E-state index contributed by atoms with van der Waals surface area (Å²) in [5.41, 5.74) is 1.05. The molecule has 3 heteroatoms. The first-order valence-electron chi connectivity index (χ1n) is 4.96. The Morgan fingerprint density at radius 1 is 1.53 bits per heavy atom. The van der Waals surface area contributed by atoms with Crippen molar-refractivity contribution in [3.05, 3.63) is 28.2 Å². The molecule has 0 aliphatic carbocycles. The Balaban J connectivity index is 2.96. The van der Waals surface area contributed by atoms with Crippen LogP contribution in [0.25, 0.3) is 0 Å². The number of nitrogens with zero attached hydrogens (tertiary/aromatic N) is 1. The van der Waals surface area contributed by atoms with Crippen LogP contribution in [0.3, 0.4) is 0 Å². The van der Waals surface area contributed by atoms with Crippen LogP contribution >= 0.6 is 15.9 Å². The fourth-order valence-electron chi connectivity index (χ4n) is 1.49. The van der Waals surface area contributed by atoms with E-state index in [1.807, 2.05) is 18.2 Å². The van der Waals surface area contributed by atoms with Crippen molar-refractivity contribution in [2.45, 2.75) is 25.7 Å². The predicted octanol–water partition coefficient (Wildman–Crippen LogP) is 3.86. The Morgan fingerprint density at radius 3 is 2.73 bits per heavy atom. The van der Waals surface area contributed by atoms with E-state index >= 15 is 0 Å². The van der Waals surface area contributed by atoms with E-state index in [1.54, 1.807) is 7.11 Å². The van der Waals surface area contributed by atoms with Gasteiger partial charge in [0.1, 0.15) is 5.75 Å². The molecular formula is C12H14BrNO. The summed E-state index contributed by atoms with van der Waals surface area (Å²) in [4.78, 5) is 0. The van der Waals surface area contributed by atoms with Gasteiger partial charge in [0.15, 0.2) is 0 Å². The zero-order chi connectivity index (χ0) is 11.3. The average Bonchev–Trinajstić information content (AvgIpc) is 2.25. The Kier molecular flexibility index (Phi) is 4.64. The van der Waals surface area contributed by atoms with E-state index in [4.69, 9.17) is 10.00 Å². The molecule has 1 aromatic carbocycles. The van der Waals surface area contributed by atoms with E-state index < -0.39 is 0 Å². The molecule has 2 nitrogen and oxygen atoms in total. The van der Waals surface area contributed by atoms with Gasteiger partial charge in [0.25, 0.3) is 0 Å². The predicted molar refractivity (Wildman–Crippen MR) is 64.0 cm³/mol. The van der Waals surface area contributed by atoms with Crippen molar-refractivity contribution in [2.75, 3.05) is 7.11 Å². The van der Waals surface area contributed by atoms with Crippen molar-refractivity contribution in [2.24, 2.45) is 0 Å². The van der Waals surface area contributed by atoms with Crippen molar-refractivity contribution >= 4 is 15.9 Å². The van der Waals surface area contributed by atoms with Gasteiger partial charge < -0.3 is 4.74 Å². The second kappa shape index (κ2) is 5.77. The van der Waals surface area contributed by atoms with Gasteiger partial charge in [-0.3, -0.25) is 0 Å². The highest BCUT2D eigenvalue weighted by atomic mass is 79.9. The van der Waals surface area contributed by atoms with Crippen molar-refractivity contribution in [1.82, 2.24) is 0 Å². The molecule has 80 valence electrons. The highest BCUT2D eigenvalue weighted by molar-refractivity contribution is 9.10. The molecule has 0 heterocycles. The van der Waals surface area contributed by atoms with Gasteiger partial charge in [-0.2, -0.15) is 5.26 Å². The molecule has 0 saturated heterocycles. The Labute approximate surface area is 99.0 Å². The monoisotopic (exact) mass is 267 g/mol. The summed E-state index contributed by atoms with van der Waals surface area (Å²) in [5, 5.41) is 9.03. The summed E-state index contributed by atoms with van der Waals surface area (Å²) >= 11 is 3.42. The molecule has 0 saturated carbocycles. The minimum atomic E-state index is -0.0165. The maximum Gasteiger partial charge on any atom is 0.133 e. The molecule has 0 aliphatic rings. The Bertz CT molecular complexity index is 370. The van der Waals surface area contributed by atoms with Crippen molar-refractivity contribution in [1.29, 1.82) is 5.26 Å². The summed E-state index contributed by atoms with van der Waals surface area (Å²) in [6.07, 6.45) is 1.91. The van der Waals surface area contributed by atoms with E-state index in [-0.39, 0.29) is 5.92 Å². The number of benzene rings is 1. The number of halogens is 1. The first-order chi connectivity index (χ1) is 7.22. The fraction of sp³-hybridized carbons (Fsp3) is 0.417. The molecule has 0 fully saturated rings. The van der Waals surface area contributed by atoms with Crippen LogP contribution in [-0.2, 0) is 0 Å². The van der Waals surface area contributed by atoms with Gasteiger partial charge >= 0.3 is 0 Å². The second-order valence-electron chi connectivity index (χ2n) is 3.36. The van der Waals surface area contributed by atoms with Gasteiger partial charge in [-0.15, -0.1) is 0 Å². The van der Waals surface area contributed by atoms with Crippen LogP contribution in [0.4, 0.5) is 0 Å². The minimum Gasteiger partial charge on any atom is -0.496 e. The molecule has 0 spiro atoms. The van der Waals surface area contributed by atoms with Crippen LogP contribution < -0.4 is 4.74 Å². The zero-order valence-corrected chi connectivity index (χ0v) is 10.5. The topological polar surface area (TPSA) is 33.0 Å². The molecule has 0 aromatic heterocycles. The summed E-state index contributed by atoms with van der Waals surface area (Å²) in [6.45, 7) is 2.09. The molecule has 0 aliphatic heterocycles. The number of hydrogen-bond acceptors (Lipinski definition) is 2.